The molecule has 0 spiro atoms. The number of rotatable bonds is 4. The molecule has 0 bridgehead atoms. The molecular formula is C17H28N2O. The molecule has 1 aliphatic heterocycles. The van der Waals surface area contributed by atoms with Gasteiger partial charge in [-0.3, -0.25) is 0 Å². The largest absolute Gasteiger partial charge is 0.494 e. The maximum Gasteiger partial charge on any atom is 0.119 e. The number of likely N-dealkylation sites (tertiary alicyclic amines) is 1. The van der Waals surface area contributed by atoms with Gasteiger partial charge in [-0.1, -0.05) is 6.92 Å². The monoisotopic (exact) mass is 276 g/mol. The molecule has 1 aromatic rings. The van der Waals surface area contributed by atoms with E-state index in [-0.39, 0.29) is 0 Å². The first-order valence-corrected chi connectivity index (χ1v) is 7.71. The smallest absolute Gasteiger partial charge is 0.119 e. The second kappa shape index (κ2) is 6.49. The summed E-state index contributed by atoms with van der Waals surface area (Å²) in [5.41, 5.74) is 2.50. The zero-order chi connectivity index (χ0) is 14.7. The van der Waals surface area contributed by atoms with Crippen LogP contribution in [0.1, 0.15) is 32.8 Å². The maximum atomic E-state index is 5.55. The molecule has 1 fully saturated rings. The Bertz CT molecular complexity index is 447. The van der Waals surface area contributed by atoms with Gasteiger partial charge in [0.1, 0.15) is 5.75 Å². The molecule has 3 heteroatoms. The fourth-order valence-electron chi connectivity index (χ4n) is 3.00. The van der Waals surface area contributed by atoms with Crippen LogP contribution in [-0.4, -0.2) is 37.2 Å². The molecular weight excluding hydrogens is 248 g/mol. The van der Waals surface area contributed by atoms with E-state index in [1.807, 2.05) is 6.92 Å². The van der Waals surface area contributed by atoms with E-state index in [1.54, 1.807) is 0 Å². The molecule has 0 aromatic heterocycles. The summed E-state index contributed by atoms with van der Waals surface area (Å²) in [5.74, 6) is 1.63. The lowest BCUT2D eigenvalue weighted by molar-refractivity contribution is 0.145. The van der Waals surface area contributed by atoms with E-state index in [0.29, 0.717) is 18.0 Å². The first-order valence-electron chi connectivity index (χ1n) is 7.71. The minimum Gasteiger partial charge on any atom is -0.494 e. The maximum absolute atomic E-state index is 5.55. The van der Waals surface area contributed by atoms with E-state index in [1.165, 1.54) is 17.7 Å². The van der Waals surface area contributed by atoms with Crippen molar-refractivity contribution in [1.29, 1.82) is 0 Å². The average Bonchev–Trinajstić information content (AvgIpc) is 2.39. The summed E-state index contributed by atoms with van der Waals surface area (Å²) in [6.07, 6.45) is 1.20. The number of nitrogens with one attached hydrogen (secondary N) is 1. The molecule has 1 aromatic carbocycles. The van der Waals surface area contributed by atoms with Crippen molar-refractivity contribution in [3.05, 3.63) is 23.8 Å². The van der Waals surface area contributed by atoms with Crippen molar-refractivity contribution in [3.8, 4) is 5.75 Å². The van der Waals surface area contributed by atoms with Gasteiger partial charge >= 0.3 is 0 Å². The van der Waals surface area contributed by atoms with Gasteiger partial charge in [0.25, 0.3) is 0 Å². The summed E-state index contributed by atoms with van der Waals surface area (Å²) in [4.78, 5) is 2.45. The van der Waals surface area contributed by atoms with Gasteiger partial charge in [-0.15, -0.1) is 0 Å². The van der Waals surface area contributed by atoms with Gasteiger partial charge in [-0.25, -0.2) is 0 Å². The summed E-state index contributed by atoms with van der Waals surface area (Å²) in [6, 6.07) is 7.52. The van der Waals surface area contributed by atoms with Crippen molar-refractivity contribution in [2.45, 2.75) is 46.2 Å². The Morgan fingerprint density at radius 1 is 1.35 bits per heavy atom. The Morgan fingerprint density at radius 2 is 2.10 bits per heavy atom. The Labute approximate surface area is 123 Å². The van der Waals surface area contributed by atoms with Crippen LogP contribution in [0.2, 0.25) is 0 Å². The lowest BCUT2D eigenvalue weighted by atomic mass is 9.89. The van der Waals surface area contributed by atoms with E-state index >= 15 is 0 Å². The van der Waals surface area contributed by atoms with Crippen LogP contribution >= 0.6 is 0 Å². The topological polar surface area (TPSA) is 24.5 Å². The molecule has 1 N–H and O–H groups in total. The minimum atomic E-state index is 0.554. The first kappa shape index (κ1) is 15.2. The van der Waals surface area contributed by atoms with Crippen molar-refractivity contribution in [3.63, 3.8) is 0 Å². The van der Waals surface area contributed by atoms with Crippen LogP contribution in [0.25, 0.3) is 0 Å². The number of piperidine rings is 1. The van der Waals surface area contributed by atoms with Crippen LogP contribution in [0.15, 0.2) is 18.2 Å². The first-order chi connectivity index (χ1) is 9.51. The van der Waals surface area contributed by atoms with Crippen molar-refractivity contribution >= 4 is 5.69 Å². The second-order valence-electron chi connectivity index (χ2n) is 6.16. The van der Waals surface area contributed by atoms with Gasteiger partial charge in [-0.2, -0.15) is 0 Å². The molecule has 1 saturated heterocycles. The summed E-state index contributed by atoms with van der Waals surface area (Å²) < 4.78 is 5.55. The highest BCUT2D eigenvalue weighted by Gasteiger charge is 2.28. The van der Waals surface area contributed by atoms with E-state index < -0.39 is 0 Å². The van der Waals surface area contributed by atoms with Crippen LogP contribution in [0.4, 0.5) is 5.69 Å². The SMILES string of the molecule is CCOc1ccc(NC2CC(C)N(C)CC2C)c(C)c1. The van der Waals surface area contributed by atoms with E-state index in [4.69, 9.17) is 4.74 Å². The van der Waals surface area contributed by atoms with Crippen LogP contribution < -0.4 is 10.1 Å². The molecule has 0 aliphatic carbocycles. The molecule has 3 nitrogen and oxygen atoms in total. The predicted molar refractivity (Wildman–Crippen MR) is 85.6 cm³/mol. The lowest BCUT2D eigenvalue weighted by Crippen LogP contribution is -2.48. The van der Waals surface area contributed by atoms with Gasteiger partial charge in [0, 0.05) is 24.3 Å². The highest BCUT2D eigenvalue weighted by molar-refractivity contribution is 5.54. The van der Waals surface area contributed by atoms with Gasteiger partial charge in [0.15, 0.2) is 0 Å². The highest BCUT2D eigenvalue weighted by Crippen LogP contribution is 2.27. The van der Waals surface area contributed by atoms with Crippen LogP contribution in [0.3, 0.4) is 0 Å². The average molecular weight is 276 g/mol. The summed E-state index contributed by atoms with van der Waals surface area (Å²) >= 11 is 0. The number of aryl methyl sites for hydroxylation is 1. The third-order valence-electron chi connectivity index (χ3n) is 4.46. The molecule has 0 saturated carbocycles. The van der Waals surface area contributed by atoms with E-state index in [2.05, 4.69) is 56.2 Å². The number of anilines is 1. The van der Waals surface area contributed by atoms with Gasteiger partial charge < -0.3 is 15.0 Å². The van der Waals surface area contributed by atoms with Gasteiger partial charge in [0.05, 0.1) is 6.61 Å². The number of benzene rings is 1. The predicted octanol–water partition coefficient (Wildman–Crippen LogP) is 3.53. The second-order valence-corrected chi connectivity index (χ2v) is 6.16. The fraction of sp³-hybridized carbons (Fsp3) is 0.647. The summed E-state index contributed by atoms with van der Waals surface area (Å²) in [7, 11) is 2.22. The lowest BCUT2D eigenvalue weighted by Gasteiger charge is -2.40. The van der Waals surface area contributed by atoms with Crippen molar-refractivity contribution in [2.24, 2.45) is 5.92 Å². The minimum absolute atomic E-state index is 0.554. The molecule has 2 rings (SSSR count). The molecule has 3 atom stereocenters. The van der Waals surface area contributed by atoms with E-state index in [9.17, 15) is 0 Å². The highest BCUT2D eigenvalue weighted by atomic mass is 16.5. The van der Waals surface area contributed by atoms with Gasteiger partial charge in [0.2, 0.25) is 0 Å². The molecule has 3 unspecified atom stereocenters. The Kier molecular flexibility index (Phi) is 4.92. The quantitative estimate of drug-likeness (QED) is 0.910. The third-order valence-corrected chi connectivity index (χ3v) is 4.46. The molecule has 1 heterocycles. The van der Waals surface area contributed by atoms with Crippen LogP contribution in [0.5, 0.6) is 5.75 Å². The molecule has 20 heavy (non-hydrogen) atoms. The Morgan fingerprint density at radius 3 is 2.75 bits per heavy atom. The van der Waals surface area contributed by atoms with Crippen molar-refractivity contribution in [1.82, 2.24) is 4.90 Å². The van der Waals surface area contributed by atoms with Crippen molar-refractivity contribution in [2.75, 3.05) is 25.5 Å². The molecule has 1 aliphatic rings. The molecule has 112 valence electrons. The fourth-order valence-corrected chi connectivity index (χ4v) is 3.00. The van der Waals surface area contributed by atoms with Crippen molar-refractivity contribution < 1.29 is 4.74 Å². The Hall–Kier alpha value is -1.22. The number of hydrogen-bond donors (Lipinski definition) is 1. The zero-order valence-corrected chi connectivity index (χ0v) is 13.4. The summed E-state index contributed by atoms with van der Waals surface area (Å²) in [6.45, 7) is 10.7. The zero-order valence-electron chi connectivity index (χ0n) is 13.4. The van der Waals surface area contributed by atoms with Gasteiger partial charge in [-0.05, 0) is 63.9 Å². The van der Waals surface area contributed by atoms with E-state index in [0.717, 1.165) is 18.9 Å². The van der Waals surface area contributed by atoms with Crippen LogP contribution in [-0.2, 0) is 0 Å². The number of nitrogens with zero attached hydrogens (tertiary/aromatic N) is 1. The summed E-state index contributed by atoms with van der Waals surface area (Å²) in [5, 5.41) is 3.74. The number of ether oxygens (including phenoxy) is 1. The molecule has 0 amide bonds. The van der Waals surface area contributed by atoms with Crippen LogP contribution in [0, 0.1) is 12.8 Å². The standard InChI is InChI=1S/C17H28N2O/c1-6-20-15-7-8-16(12(2)9-15)18-17-10-14(4)19(5)11-13(17)3/h7-9,13-14,17-18H,6,10-11H2,1-5H3. The Balaban J connectivity index is 2.06. The number of hydrogen-bond acceptors (Lipinski definition) is 3. The molecule has 0 radical (unpaired) electrons. The third kappa shape index (κ3) is 3.45. The normalized spacial score (nSPS) is 27.4.